The molecule has 0 radical (unpaired) electrons. The first kappa shape index (κ1) is 21.0. The van der Waals surface area contributed by atoms with Crippen LogP contribution < -0.4 is 0 Å². The van der Waals surface area contributed by atoms with Crippen LogP contribution >= 0.6 is 0 Å². The molecule has 156 valence electrons. The van der Waals surface area contributed by atoms with Gasteiger partial charge in [-0.2, -0.15) is 4.98 Å². The van der Waals surface area contributed by atoms with Crippen molar-refractivity contribution < 1.29 is 14.1 Å². The van der Waals surface area contributed by atoms with Crippen LogP contribution in [0, 0.1) is 5.92 Å². The molecule has 0 unspecified atom stereocenters. The van der Waals surface area contributed by atoms with Crippen molar-refractivity contribution in [2.75, 3.05) is 26.7 Å². The Bertz CT molecular complexity index is 821. The molecule has 2 amide bonds. The Hall–Kier alpha value is -2.70. The van der Waals surface area contributed by atoms with Crippen molar-refractivity contribution in [3.05, 3.63) is 35.7 Å². The summed E-state index contributed by atoms with van der Waals surface area (Å²) in [6.45, 7) is 6.30. The van der Waals surface area contributed by atoms with Gasteiger partial charge >= 0.3 is 0 Å². The lowest BCUT2D eigenvalue weighted by molar-refractivity contribution is -0.134. The highest BCUT2D eigenvalue weighted by molar-refractivity contribution is 5.94. The summed E-state index contributed by atoms with van der Waals surface area (Å²) < 4.78 is 5.37. The number of likely N-dealkylation sites (N-methyl/N-ethyl adjacent to an activating group) is 1. The molecule has 7 nitrogen and oxygen atoms in total. The van der Waals surface area contributed by atoms with Crippen molar-refractivity contribution in [3.8, 4) is 11.5 Å². The van der Waals surface area contributed by atoms with Crippen molar-refractivity contribution in [2.45, 2.75) is 46.0 Å². The number of aromatic nitrogens is 2. The van der Waals surface area contributed by atoms with E-state index in [9.17, 15) is 9.59 Å². The zero-order chi connectivity index (χ0) is 20.8. The first-order valence-electron chi connectivity index (χ1n) is 10.5. The maximum atomic E-state index is 12.4. The van der Waals surface area contributed by atoms with E-state index in [0.29, 0.717) is 30.2 Å². The van der Waals surface area contributed by atoms with Crippen molar-refractivity contribution >= 4 is 11.8 Å². The molecule has 29 heavy (non-hydrogen) atoms. The Kier molecular flexibility index (Phi) is 7.01. The molecule has 1 aliphatic rings. The first-order valence-corrected chi connectivity index (χ1v) is 10.5. The molecule has 1 saturated heterocycles. The molecule has 7 heteroatoms. The van der Waals surface area contributed by atoms with Gasteiger partial charge in [-0.3, -0.25) is 9.59 Å². The molecule has 0 bridgehead atoms. The van der Waals surface area contributed by atoms with Gasteiger partial charge in [0.2, 0.25) is 5.91 Å². The molecule has 1 fully saturated rings. The predicted octanol–water partition coefficient (Wildman–Crippen LogP) is 3.41. The maximum absolute atomic E-state index is 12.4. The molecule has 0 atom stereocenters. The van der Waals surface area contributed by atoms with Crippen LogP contribution in [0.25, 0.3) is 11.5 Å². The Morgan fingerprint density at radius 2 is 1.79 bits per heavy atom. The molecular formula is C22H30N4O3. The minimum atomic E-state index is 0.0719. The van der Waals surface area contributed by atoms with Gasteiger partial charge in [-0.25, -0.2) is 0 Å². The lowest BCUT2D eigenvalue weighted by Crippen LogP contribution is -2.34. The lowest BCUT2D eigenvalue weighted by atomic mass is 10.0. The number of carbonyl (C=O) groups excluding carboxylic acids is 2. The summed E-state index contributed by atoms with van der Waals surface area (Å²) in [5, 5.41) is 4.03. The number of nitrogens with zero attached hydrogens (tertiary/aromatic N) is 4. The summed E-state index contributed by atoms with van der Waals surface area (Å²) in [5.74, 6) is 1.31. The second-order valence-electron chi connectivity index (χ2n) is 7.62. The summed E-state index contributed by atoms with van der Waals surface area (Å²) in [7, 11) is 1.82. The molecule has 3 rings (SSSR count). The van der Waals surface area contributed by atoms with Gasteiger partial charge in [-0.1, -0.05) is 19.0 Å². The summed E-state index contributed by atoms with van der Waals surface area (Å²) in [6, 6.07) is 7.29. The number of hydrogen-bond donors (Lipinski definition) is 0. The number of carbonyl (C=O) groups is 2. The highest BCUT2D eigenvalue weighted by atomic mass is 16.5. The van der Waals surface area contributed by atoms with E-state index >= 15 is 0 Å². The smallest absolute Gasteiger partial charge is 0.257 e. The van der Waals surface area contributed by atoms with Crippen LogP contribution in [0.2, 0.25) is 0 Å². The second-order valence-corrected chi connectivity index (χ2v) is 7.62. The number of hydrogen-bond acceptors (Lipinski definition) is 5. The molecule has 0 N–H and O–H groups in total. The molecule has 1 aromatic heterocycles. The van der Waals surface area contributed by atoms with Crippen molar-refractivity contribution in [3.63, 3.8) is 0 Å². The third-order valence-electron chi connectivity index (χ3n) is 5.62. The predicted molar refractivity (Wildman–Crippen MR) is 110 cm³/mol. The number of amides is 2. The second kappa shape index (κ2) is 9.67. The van der Waals surface area contributed by atoms with Gasteiger partial charge < -0.3 is 14.3 Å². The van der Waals surface area contributed by atoms with E-state index in [-0.39, 0.29) is 17.7 Å². The largest absolute Gasteiger partial charge is 0.345 e. The van der Waals surface area contributed by atoms with Gasteiger partial charge in [-0.05, 0) is 49.9 Å². The third-order valence-corrected chi connectivity index (χ3v) is 5.62. The number of likely N-dealkylation sites (tertiary alicyclic amines) is 1. The van der Waals surface area contributed by atoms with E-state index in [4.69, 9.17) is 4.52 Å². The van der Waals surface area contributed by atoms with Crippen molar-refractivity contribution in [2.24, 2.45) is 5.92 Å². The van der Waals surface area contributed by atoms with E-state index in [0.717, 1.165) is 44.3 Å². The Labute approximate surface area is 172 Å². The number of benzene rings is 1. The van der Waals surface area contributed by atoms with E-state index in [1.807, 2.05) is 50.1 Å². The highest BCUT2D eigenvalue weighted by Crippen LogP contribution is 2.20. The van der Waals surface area contributed by atoms with Gasteiger partial charge in [-0.15, -0.1) is 0 Å². The molecule has 2 aromatic rings. The Morgan fingerprint density at radius 1 is 1.14 bits per heavy atom. The van der Waals surface area contributed by atoms with E-state index in [1.54, 1.807) is 4.90 Å². The van der Waals surface area contributed by atoms with Crippen molar-refractivity contribution in [1.82, 2.24) is 19.9 Å². The van der Waals surface area contributed by atoms with Crippen LogP contribution in [0.1, 0.15) is 55.7 Å². The molecule has 0 saturated carbocycles. The van der Waals surface area contributed by atoms with Crippen LogP contribution in [0.5, 0.6) is 0 Å². The Balaban J connectivity index is 1.58. The topological polar surface area (TPSA) is 79.5 Å². The highest BCUT2D eigenvalue weighted by Gasteiger charge is 2.21. The van der Waals surface area contributed by atoms with Crippen LogP contribution in [0.3, 0.4) is 0 Å². The summed E-state index contributed by atoms with van der Waals surface area (Å²) in [4.78, 5) is 32.9. The van der Waals surface area contributed by atoms with Crippen LogP contribution in [0.4, 0.5) is 0 Å². The maximum Gasteiger partial charge on any atom is 0.257 e. The average Bonchev–Trinajstić information content (AvgIpc) is 3.44. The SMILES string of the molecule is CCC(CC)C(=O)N(C)CCc1noc(-c2ccc(C(=O)N3CCCC3)cc2)n1. The van der Waals surface area contributed by atoms with Gasteiger partial charge in [0, 0.05) is 50.1 Å². The molecule has 1 aromatic carbocycles. The van der Waals surface area contributed by atoms with Gasteiger partial charge in [0.15, 0.2) is 5.82 Å². The Morgan fingerprint density at radius 3 is 2.41 bits per heavy atom. The monoisotopic (exact) mass is 398 g/mol. The zero-order valence-electron chi connectivity index (χ0n) is 17.6. The minimum Gasteiger partial charge on any atom is -0.345 e. The summed E-state index contributed by atoms with van der Waals surface area (Å²) >= 11 is 0. The van der Waals surface area contributed by atoms with Gasteiger partial charge in [0.05, 0.1) is 0 Å². The molecule has 1 aliphatic heterocycles. The fourth-order valence-electron chi connectivity index (χ4n) is 3.66. The van der Waals surface area contributed by atoms with Gasteiger partial charge in [0.1, 0.15) is 0 Å². The molecule has 0 aliphatic carbocycles. The fourth-order valence-corrected chi connectivity index (χ4v) is 3.66. The quantitative estimate of drug-likeness (QED) is 0.681. The average molecular weight is 399 g/mol. The molecular weight excluding hydrogens is 368 g/mol. The number of rotatable bonds is 8. The minimum absolute atomic E-state index is 0.0719. The van der Waals surface area contributed by atoms with Crippen LogP contribution in [-0.4, -0.2) is 58.4 Å². The van der Waals surface area contributed by atoms with Crippen LogP contribution in [-0.2, 0) is 11.2 Å². The normalized spacial score (nSPS) is 13.9. The van der Waals surface area contributed by atoms with E-state index < -0.39 is 0 Å². The molecule has 2 heterocycles. The molecule has 0 spiro atoms. The lowest BCUT2D eigenvalue weighted by Gasteiger charge is -2.21. The standard InChI is InChI=1S/C22H30N4O3/c1-4-16(5-2)21(27)25(3)15-12-19-23-20(29-24-19)17-8-10-18(11-9-17)22(28)26-13-6-7-14-26/h8-11,16H,4-7,12-15H2,1-3H3. The fraction of sp³-hybridized carbons (Fsp3) is 0.545. The van der Waals surface area contributed by atoms with Crippen molar-refractivity contribution in [1.29, 1.82) is 0 Å². The van der Waals surface area contributed by atoms with E-state index in [1.165, 1.54) is 0 Å². The zero-order valence-corrected chi connectivity index (χ0v) is 17.6. The first-order chi connectivity index (χ1) is 14.0. The van der Waals surface area contributed by atoms with Gasteiger partial charge in [0.25, 0.3) is 11.8 Å². The third kappa shape index (κ3) is 5.02. The van der Waals surface area contributed by atoms with Crippen LogP contribution in [0.15, 0.2) is 28.8 Å². The summed E-state index contributed by atoms with van der Waals surface area (Å²) in [5.41, 5.74) is 1.46. The van der Waals surface area contributed by atoms with E-state index in [2.05, 4.69) is 10.1 Å². The summed E-state index contributed by atoms with van der Waals surface area (Å²) in [6.07, 6.45) is 4.39.